The normalized spacial score (nSPS) is 10.1. The number of aromatic hydroxyl groups is 2. The zero-order valence-corrected chi connectivity index (χ0v) is 8.43. The summed E-state index contributed by atoms with van der Waals surface area (Å²) in [6.07, 6.45) is 0.722. The topological polar surface area (TPSA) is 40.5 Å². The van der Waals surface area contributed by atoms with Crippen LogP contribution in [0.4, 0.5) is 0 Å². The highest BCUT2D eigenvalue weighted by atomic mass is 79.9. The Bertz CT molecular complexity index is 263. The average molecular weight is 229 g/mol. The van der Waals surface area contributed by atoms with E-state index >= 15 is 0 Å². The van der Waals surface area contributed by atoms with Crippen molar-refractivity contribution in [2.75, 3.05) is 0 Å². The van der Waals surface area contributed by atoms with Gasteiger partial charge in [-0.05, 0) is 17.7 Å². The molecule has 0 atom stereocenters. The Labute approximate surface area is 80.8 Å². The van der Waals surface area contributed by atoms with E-state index in [4.69, 9.17) is 0 Å². The highest BCUT2D eigenvalue weighted by molar-refractivity contribution is 9.08. The van der Waals surface area contributed by atoms with E-state index in [0.717, 1.165) is 17.4 Å². The van der Waals surface area contributed by atoms with Gasteiger partial charge in [0.15, 0.2) is 0 Å². The third-order valence-electron chi connectivity index (χ3n) is 1.78. The third kappa shape index (κ3) is 1.75. The summed E-state index contributed by atoms with van der Waals surface area (Å²) in [6, 6.07) is 3.14. The average Bonchev–Trinajstić information content (AvgIpc) is 2.08. The van der Waals surface area contributed by atoms with Crippen molar-refractivity contribution in [1.29, 1.82) is 0 Å². The zero-order valence-electron chi connectivity index (χ0n) is 6.84. The van der Waals surface area contributed by atoms with Crippen molar-refractivity contribution < 1.29 is 10.2 Å². The minimum atomic E-state index is 0.208. The molecule has 0 aliphatic carbocycles. The molecule has 1 rings (SSSR count). The summed E-state index contributed by atoms with van der Waals surface area (Å²) in [5.74, 6) is 0.492. The first-order valence-electron chi connectivity index (χ1n) is 3.78. The summed E-state index contributed by atoms with van der Waals surface area (Å²) >= 11 is 3.23. The molecule has 0 bridgehead atoms. The van der Waals surface area contributed by atoms with E-state index in [0.29, 0.717) is 5.33 Å². The van der Waals surface area contributed by atoms with Crippen LogP contribution < -0.4 is 0 Å². The van der Waals surface area contributed by atoms with Crippen molar-refractivity contribution >= 4 is 23.8 Å². The molecule has 0 heterocycles. The van der Waals surface area contributed by atoms with Gasteiger partial charge in [-0.25, -0.2) is 0 Å². The lowest BCUT2D eigenvalue weighted by Crippen LogP contribution is -1.89. The molecule has 4 heteroatoms. The molecule has 64 valence electrons. The molecule has 2 nitrogen and oxygen atoms in total. The van der Waals surface area contributed by atoms with Gasteiger partial charge in [0, 0.05) is 10.9 Å². The smallest absolute Gasteiger partial charge is 0.122 e. The van der Waals surface area contributed by atoms with Crippen LogP contribution in [0.3, 0.4) is 0 Å². The van der Waals surface area contributed by atoms with E-state index in [1.165, 1.54) is 0 Å². The molecule has 1 aromatic carbocycles. The number of alkyl halides is 1. The maximum atomic E-state index is 9.57. The van der Waals surface area contributed by atoms with Crippen LogP contribution in [0, 0.1) is 0 Å². The van der Waals surface area contributed by atoms with Gasteiger partial charge in [-0.1, -0.05) is 22.3 Å². The Hall–Kier alpha value is -0.635. The first-order valence-corrected chi connectivity index (χ1v) is 4.90. The standard InChI is InChI=1S/C8H10BBrO2/c9-3-5-1-7(11)2-6(4-10)8(5)12/h1-2,11-12H,3-4,9H2. The molecular weight excluding hydrogens is 219 g/mol. The minimum absolute atomic E-state index is 0.208. The summed E-state index contributed by atoms with van der Waals surface area (Å²) in [7, 11) is 1.94. The molecule has 1 aromatic rings. The maximum Gasteiger partial charge on any atom is 0.122 e. The number of rotatable bonds is 2. The lowest BCUT2D eigenvalue weighted by molar-refractivity contribution is 0.452. The second kappa shape index (κ2) is 3.85. The van der Waals surface area contributed by atoms with Crippen LogP contribution in [0.5, 0.6) is 11.5 Å². The highest BCUT2D eigenvalue weighted by Crippen LogP contribution is 2.29. The zero-order chi connectivity index (χ0) is 9.14. The third-order valence-corrected chi connectivity index (χ3v) is 2.38. The van der Waals surface area contributed by atoms with Crippen LogP contribution in [0.15, 0.2) is 12.1 Å². The molecule has 0 radical (unpaired) electrons. The fraction of sp³-hybridized carbons (Fsp3) is 0.250. The molecule has 12 heavy (non-hydrogen) atoms. The molecule has 0 spiro atoms. The molecule has 0 saturated carbocycles. The molecule has 0 saturated heterocycles. The van der Waals surface area contributed by atoms with Crippen molar-refractivity contribution in [3.8, 4) is 11.5 Å². The maximum absolute atomic E-state index is 9.57. The van der Waals surface area contributed by atoms with Gasteiger partial charge in [0.1, 0.15) is 19.3 Å². The van der Waals surface area contributed by atoms with Gasteiger partial charge in [-0.2, -0.15) is 0 Å². The molecule has 0 aliphatic heterocycles. The lowest BCUT2D eigenvalue weighted by atomic mass is 9.94. The van der Waals surface area contributed by atoms with E-state index in [-0.39, 0.29) is 11.5 Å². The van der Waals surface area contributed by atoms with Gasteiger partial charge in [0.05, 0.1) is 0 Å². The number of phenolic OH excluding ortho intramolecular Hbond substituents is 2. The molecular formula is C8H10BBrO2. The molecule has 0 amide bonds. The van der Waals surface area contributed by atoms with Gasteiger partial charge in [-0.15, -0.1) is 0 Å². The van der Waals surface area contributed by atoms with Crippen LogP contribution in [0.25, 0.3) is 0 Å². The summed E-state index contributed by atoms with van der Waals surface area (Å²) in [4.78, 5) is 0. The van der Waals surface area contributed by atoms with E-state index in [9.17, 15) is 10.2 Å². The predicted octanol–water partition coefficient (Wildman–Crippen LogP) is 1.13. The largest absolute Gasteiger partial charge is 0.508 e. The second-order valence-electron chi connectivity index (χ2n) is 2.60. The predicted molar refractivity (Wildman–Crippen MR) is 54.7 cm³/mol. The summed E-state index contributed by atoms with van der Waals surface area (Å²) in [5, 5.41) is 19.4. The SMILES string of the molecule is BCc1cc(O)cc(CBr)c1O. The molecule has 2 N–H and O–H groups in total. The summed E-state index contributed by atoms with van der Waals surface area (Å²) in [5.41, 5.74) is 1.51. The first-order chi connectivity index (χ1) is 5.69. The number of benzene rings is 1. The Balaban J connectivity index is 3.22. The Kier molecular flexibility index (Phi) is 3.03. The highest BCUT2D eigenvalue weighted by Gasteiger charge is 2.06. The lowest BCUT2D eigenvalue weighted by Gasteiger charge is -2.06. The Morgan fingerprint density at radius 3 is 2.33 bits per heavy atom. The fourth-order valence-electron chi connectivity index (χ4n) is 1.11. The van der Waals surface area contributed by atoms with Gasteiger partial charge < -0.3 is 10.2 Å². The minimum Gasteiger partial charge on any atom is -0.508 e. The number of hydrogen-bond donors (Lipinski definition) is 2. The van der Waals surface area contributed by atoms with Crippen LogP contribution in [0.1, 0.15) is 11.1 Å². The van der Waals surface area contributed by atoms with Gasteiger partial charge in [0.2, 0.25) is 0 Å². The van der Waals surface area contributed by atoms with Crippen LogP contribution >= 0.6 is 15.9 Å². The Morgan fingerprint density at radius 1 is 1.25 bits per heavy atom. The molecule has 0 aliphatic rings. The van der Waals surface area contributed by atoms with Crippen molar-refractivity contribution in [2.45, 2.75) is 11.7 Å². The quantitative estimate of drug-likeness (QED) is 0.453. The number of phenols is 2. The summed E-state index contributed by atoms with van der Waals surface area (Å²) in [6.45, 7) is 0. The van der Waals surface area contributed by atoms with Crippen LogP contribution in [0.2, 0.25) is 0 Å². The number of halogens is 1. The second-order valence-corrected chi connectivity index (χ2v) is 3.16. The van der Waals surface area contributed by atoms with Crippen LogP contribution in [-0.2, 0) is 11.7 Å². The molecule has 0 fully saturated rings. The van der Waals surface area contributed by atoms with E-state index < -0.39 is 0 Å². The Morgan fingerprint density at radius 2 is 1.83 bits per heavy atom. The fourth-order valence-corrected chi connectivity index (χ4v) is 1.54. The van der Waals surface area contributed by atoms with E-state index in [2.05, 4.69) is 15.9 Å². The summed E-state index contributed by atoms with van der Waals surface area (Å²) < 4.78 is 0. The number of hydrogen-bond acceptors (Lipinski definition) is 2. The van der Waals surface area contributed by atoms with Crippen molar-refractivity contribution in [3.63, 3.8) is 0 Å². The van der Waals surface area contributed by atoms with Crippen molar-refractivity contribution in [3.05, 3.63) is 23.3 Å². The van der Waals surface area contributed by atoms with E-state index in [1.54, 1.807) is 12.1 Å². The van der Waals surface area contributed by atoms with Crippen LogP contribution in [-0.4, -0.2) is 18.1 Å². The molecule has 0 aromatic heterocycles. The van der Waals surface area contributed by atoms with Gasteiger partial charge >= 0.3 is 0 Å². The van der Waals surface area contributed by atoms with E-state index in [1.807, 2.05) is 7.85 Å². The first kappa shape index (κ1) is 9.45. The van der Waals surface area contributed by atoms with Crippen molar-refractivity contribution in [1.82, 2.24) is 0 Å². The van der Waals surface area contributed by atoms with Crippen molar-refractivity contribution in [2.24, 2.45) is 0 Å². The van der Waals surface area contributed by atoms with Gasteiger partial charge in [-0.3, -0.25) is 0 Å². The van der Waals surface area contributed by atoms with Gasteiger partial charge in [0.25, 0.3) is 0 Å². The molecule has 0 unspecified atom stereocenters. The monoisotopic (exact) mass is 228 g/mol.